The number of nitrogens with zero attached hydrogens (tertiary/aromatic N) is 4. The van der Waals surface area contributed by atoms with Crippen LogP contribution < -0.4 is 19.8 Å². The van der Waals surface area contributed by atoms with Crippen molar-refractivity contribution in [1.29, 1.82) is 0 Å². The molecular weight excluding hydrogens is 506 g/mol. The number of fused-ring (bicyclic) bond motifs is 1. The van der Waals surface area contributed by atoms with Crippen molar-refractivity contribution in [3.05, 3.63) is 83.9 Å². The molecule has 0 atom stereocenters. The van der Waals surface area contributed by atoms with Crippen LogP contribution in [0.1, 0.15) is 36.7 Å². The van der Waals surface area contributed by atoms with E-state index in [4.69, 9.17) is 9.57 Å². The van der Waals surface area contributed by atoms with Gasteiger partial charge < -0.3 is 24.7 Å². The van der Waals surface area contributed by atoms with Gasteiger partial charge in [-0.1, -0.05) is 35.2 Å². The Morgan fingerprint density at radius 1 is 0.925 bits per heavy atom. The number of anilines is 2. The number of benzene rings is 3. The number of nitrogens with one attached hydrogen (secondary N) is 1. The number of likely N-dealkylation sites (N-methyl/N-ethyl adjacent to an activating group) is 1. The van der Waals surface area contributed by atoms with Crippen LogP contribution in [0.4, 0.5) is 11.5 Å². The van der Waals surface area contributed by atoms with Gasteiger partial charge in [0.25, 0.3) is 5.91 Å². The summed E-state index contributed by atoms with van der Waals surface area (Å²) in [7, 11) is 2.12. The number of rotatable bonds is 7. The minimum atomic E-state index is -0.741. The predicted molar refractivity (Wildman–Crippen MR) is 156 cm³/mol. The van der Waals surface area contributed by atoms with Gasteiger partial charge in [-0.2, -0.15) is 0 Å². The highest BCUT2D eigenvalue weighted by Crippen LogP contribution is 2.28. The van der Waals surface area contributed by atoms with Gasteiger partial charge in [0.15, 0.2) is 5.82 Å². The Kier molecular flexibility index (Phi) is 7.75. The van der Waals surface area contributed by atoms with Crippen molar-refractivity contribution in [2.75, 3.05) is 43.4 Å². The van der Waals surface area contributed by atoms with Crippen LogP contribution >= 0.6 is 0 Å². The molecule has 0 spiro atoms. The largest absolute Gasteiger partial charge is 0.489 e. The van der Waals surface area contributed by atoms with Gasteiger partial charge in [-0.3, -0.25) is 4.79 Å². The molecule has 1 aliphatic rings. The third-order valence-electron chi connectivity index (χ3n) is 6.88. The lowest BCUT2D eigenvalue weighted by Gasteiger charge is -2.34. The van der Waals surface area contributed by atoms with Crippen LogP contribution in [-0.4, -0.2) is 59.9 Å². The standard InChI is InChI=1S/C31H35N5O4/c1-31(2,3)30(38)40-36-27-20-25(39-21-22-8-6-5-7-9-22)14-15-26(27)28(33-36)32-29(37)23-10-12-24(13-11-23)35-18-16-34(4)17-19-35/h5-15,20H,16-19,21H2,1-4H3,(H,32,33,37). The Balaban J connectivity index is 1.37. The summed E-state index contributed by atoms with van der Waals surface area (Å²) < 4.78 is 5.98. The van der Waals surface area contributed by atoms with Crippen LogP contribution in [0.3, 0.4) is 0 Å². The molecule has 0 radical (unpaired) electrons. The van der Waals surface area contributed by atoms with Gasteiger partial charge in [0.05, 0.1) is 5.41 Å². The second-order valence-electron chi connectivity index (χ2n) is 11.1. The van der Waals surface area contributed by atoms with E-state index in [1.165, 1.54) is 0 Å². The molecule has 1 N–H and O–H groups in total. The first-order chi connectivity index (χ1) is 19.2. The normalized spacial score (nSPS) is 14.2. The molecule has 2 heterocycles. The molecule has 0 saturated carbocycles. The first-order valence-corrected chi connectivity index (χ1v) is 13.4. The molecule has 9 heteroatoms. The summed E-state index contributed by atoms with van der Waals surface area (Å²) in [5.41, 5.74) is 2.39. The SMILES string of the molecule is CN1CCN(c2ccc(C(=O)Nc3nn(OC(=O)C(C)(C)C)c4cc(OCc5ccccc5)ccc34)cc2)CC1. The van der Waals surface area contributed by atoms with E-state index in [1.807, 2.05) is 60.7 Å². The van der Waals surface area contributed by atoms with E-state index >= 15 is 0 Å². The molecule has 208 valence electrons. The summed E-state index contributed by atoms with van der Waals surface area (Å²) >= 11 is 0. The molecule has 9 nitrogen and oxygen atoms in total. The van der Waals surface area contributed by atoms with Gasteiger partial charge in [-0.05, 0) is 69.8 Å². The van der Waals surface area contributed by atoms with Crippen molar-refractivity contribution < 1.29 is 19.2 Å². The fraction of sp³-hybridized carbons (Fsp3) is 0.323. The number of hydrogen-bond donors (Lipinski definition) is 1. The van der Waals surface area contributed by atoms with E-state index in [0.29, 0.717) is 34.6 Å². The van der Waals surface area contributed by atoms with Crippen molar-refractivity contribution in [1.82, 2.24) is 14.8 Å². The zero-order valence-electron chi connectivity index (χ0n) is 23.4. The summed E-state index contributed by atoms with van der Waals surface area (Å²) in [4.78, 5) is 37.3. The summed E-state index contributed by atoms with van der Waals surface area (Å²) in [6, 6.07) is 22.8. The highest BCUT2D eigenvalue weighted by atomic mass is 16.7. The van der Waals surface area contributed by atoms with Crippen LogP contribution in [0.15, 0.2) is 72.8 Å². The number of piperazine rings is 1. The molecule has 1 aliphatic heterocycles. The summed E-state index contributed by atoms with van der Waals surface area (Å²) in [5, 5.41) is 7.95. The van der Waals surface area contributed by atoms with Crippen LogP contribution in [0.2, 0.25) is 0 Å². The monoisotopic (exact) mass is 541 g/mol. The van der Waals surface area contributed by atoms with Crippen LogP contribution in [0, 0.1) is 5.41 Å². The third-order valence-corrected chi connectivity index (χ3v) is 6.88. The third kappa shape index (κ3) is 6.26. The molecule has 1 aromatic heterocycles. The molecule has 5 rings (SSSR count). The minimum absolute atomic E-state index is 0.291. The second-order valence-corrected chi connectivity index (χ2v) is 11.1. The molecule has 3 aromatic carbocycles. The van der Waals surface area contributed by atoms with E-state index in [1.54, 1.807) is 32.9 Å². The maximum Gasteiger partial charge on any atom is 0.340 e. The fourth-order valence-electron chi connectivity index (χ4n) is 4.34. The van der Waals surface area contributed by atoms with Crippen molar-refractivity contribution in [3.8, 4) is 5.75 Å². The van der Waals surface area contributed by atoms with E-state index in [2.05, 4.69) is 27.3 Å². The Hall–Kier alpha value is -4.37. The van der Waals surface area contributed by atoms with Crippen molar-refractivity contribution >= 4 is 34.3 Å². The predicted octanol–water partition coefficient (Wildman–Crippen LogP) is 4.62. The van der Waals surface area contributed by atoms with Crippen LogP contribution in [0.5, 0.6) is 5.75 Å². The van der Waals surface area contributed by atoms with Gasteiger partial charge in [-0.15, -0.1) is 5.10 Å². The second kappa shape index (κ2) is 11.4. The molecular formula is C31H35N5O4. The van der Waals surface area contributed by atoms with Crippen LogP contribution in [-0.2, 0) is 11.4 Å². The van der Waals surface area contributed by atoms with Gasteiger partial charge in [0.1, 0.15) is 17.9 Å². The van der Waals surface area contributed by atoms with Gasteiger partial charge in [0, 0.05) is 48.9 Å². The van der Waals surface area contributed by atoms with E-state index in [0.717, 1.165) is 42.3 Å². The summed E-state index contributed by atoms with van der Waals surface area (Å²) in [6.45, 7) is 9.62. The van der Waals surface area contributed by atoms with Gasteiger partial charge in [-0.25, -0.2) is 4.79 Å². The van der Waals surface area contributed by atoms with Gasteiger partial charge >= 0.3 is 5.97 Å². The lowest BCUT2D eigenvalue weighted by Crippen LogP contribution is -2.44. The number of carbonyl (C=O) groups is 2. The Labute approximate surface area is 234 Å². The average molecular weight is 542 g/mol. The zero-order valence-corrected chi connectivity index (χ0v) is 23.4. The van der Waals surface area contributed by atoms with Crippen molar-refractivity contribution in [2.24, 2.45) is 5.41 Å². The Morgan fingerprint density at radius 3 is 2.30 bits per heavy atom. The van der Waals surface area contributed by atoms with E-state index < -0.39 is 11.4 Å². The first kappa shape index (κ1) is 27.2. The molecule has 40 heavy (non-hydrogen) atoms. The van der Waals surface area contributed by atoms with E-state index in [9.17, 15) is 9.59 Å². The smallest absolute Gasteiger partial charge is 0.340 e. The molecule has 1 saturated heterocycles. The Morgan fingerprint density at radius 2 is 1.62 bits per heavy atom. The number of hydrogen-bond acceptors (Lipinski definition) is 7. The lowest BCUT2D eigenvalue weighted by molar-refractivity contribution is -0.154. The number of carbonyl (C=O) groups excluding carboxylic acids is 2. The van der Waals surface area contributed by atoms with Crippen LogP contribution in [0.25, 0.3) is 10.9 Å². The number of amides is 1. The lowest BCUT2D eigenvalue weighted by atomic mass is 9.98. The highest BCUT2D eigenvalue weighted by Gasteiger charge is 2.26. The molecule has 0 aliphatic carbocycles. The Bertz CT molecular complexity index is 1480. The molecule has 0 unspecified atom stereocenters. The molecule has 4 aromatic rings. The molecule has 1 fully saturated rings. The number of aromatic nitrogens is 2. The summed E-state index contributed by atoms with van der Waals surface area (Å²) in [5.74, 6) is 0.119. The topological polar surface area (TPSA) is 88.9 Å². The maximum absolute atomic E-state index is 13.2. The summed E-state index contributed by atoms with van der Waals surface area (Å²) in [6.07, 6.45) is 0. The zero-order chi connectivity index (χ0) is 28.3. The average Bonchev–Trinajstić information content (AvgIpc) is 3.28. The van der Waals surface area contributed by atoms with E-state index in [-0.39, 0.29) is 5.91 Å². The quantitative estimate of drug-likeness (QED) is 0.365. The fourth-order valence-corrected chi connectivity index (χ4v) is 4.34. The van der Waals surface area contributed by atoms with Gasteiger partial charge in [0.2, 0.25) is 0 Å². The maximum atomic E-state index is 13.2. The first-order valence-electron chi connectivity index (χ1n) is 13.4. The number of ether oxygens (including phenoxy) is 1. The molecule has 1 amide bonds. The highest BCUT2D eigenvalue weighted by molar-refractivity contribution is 6.08. The minimum Gasteiger partial charge on any atom is -0.489 e. The van der Waals surface area contributed by atoms with Crippen molar-refractivity contribution in [2.45, 2.75) is 27.4 Å². The molecule has 0 bridgehead atoms. The van der Waals surface area contributed by atoms with Crippen molar-refractivity contribution in [3.63, 3.8) is 0 Å².